The van der Waals surface area contributed by atoms with E-state index in [4.69, 9.17) is 4.74 Å². The second-order valence-electron chi connectivity index (χ2n) is 6.25. The van der Waals surface area contributed by atoms with Crippen LogP contribution in [0.15, 0.2) is 41.4 Å². The summed E-state index contributed by atoms with van der Waals surface area (Å²) in [5.74, 6) is 0.749. The standard InChI is InChI=1S/C19H20FN3O/c1-24-15-5-6-18-14(9-15)10-21-19(22-18)12-23-8-7-16-13(11-23)3-2-4-17(16)20/h2-6,9-10,19,22H,7-8,11-12H2,1H3. The van der Waals surface area contributed by atoms with Crippen LogP contribution >= 0.6 is 0 Å². The average Bonchev–Trinajstić information content (AvgIpc) is 2.61. The van der Waals surface area contributed by atoms with Crippen LogP contribution in [0.25, 0.3) is 0 Å². The van der Waals surface area contributed by atoms with E-state index in [1.54, 1.807) is 19.2 Å². The van der Waals surface area contributed by atoms with E-state index in [2.05, 4.69) is 15.2 Å². The first-order valence-corrected chi connectivity index (χ1v) is 8.19. The van der Waals surface area contributed by atoms with Crippen LogP contribution in [0, 0.1) is 5.82 Å². The van der Waals surface area contributed by atoms with Crippen molar-refractivity contribution in [3.05, 3.63) is 58.9 Å². The van der Waals surface area contributed by atoms with Gasteiger partial charge in [0.15, 0.2) is 0 Å². The molecular weight excluding hydrogens is 305 g/mol. The van der Waals surface area contributed by atoms with Crippen LogP contribution in [0.2, 0.25) is 0 Å². The van der Waals surface area contributed by atoms with Crippen LogP contribution in [0.5, 0.6) is 5.75 Å². The molecule has 0 aliphatic carbocycles. The minimum absolute atomic E-state index is 0.0148. The molecule has 1 unspecified atom stereocenters. The Labute approximate surface area is 141 Å². The molecule has 0 aromatic heterocycles. The van der Waals surface area contributed by atoms with Crippen molar-refractivity contribution in [3.8, 4) is 5.75 Å². The van der Waals surface area contributed by atoms with E-state index < -0.39 is 0 Å². The number of nitrogens with zero attached hydrogens (tertiary/aromatic N) is 2. The highest BCUT2D eigenvalue weighted by atomic mass is 19.1. The number of fused-ring (bicyclic) bond motifs is 2. The molecule has 0 spiro atoms. The molecule has 0 radical (unpaired) electrons. The lowest BCUT2D eigenvalue weighted by molar-refractivity contribution is 0.242. The first-order valence-electron chi connectivity index (χ1n) is 8.19. The van der Waals surface area contributed by atoms with E-state index in [0.717, 1.165) is 54.2 Å². The number of ether oxygens (including phenoxy) is 1. The number of aliphatic imine (C=N–C) groups is 1. The van der Waals surface area contributed by atoms with Crippen molar-refractivity contribution in [3.63, 3.8) is 0 Å². The highest BCUT2D eigenvalue weighted by molar-refractivity contribution is 5.90. The maximum atomic E-state index is 13.8. The molecule has 0 fully saturated rings. The molecule has 2 aliphatic rings. The summed E-state index contributed by atoms with van der Waals surface area (Å²) in [7, 11) is 1.66. The van der Waals surface area contributed by atoms with E-state index in [-0.39, 0.29) is 12.0 Å². The van der Waals surface area contributed by atoms with E-state index in [9.17, 15) is 4.39 Å². The van der Waals surface area contributed by atoms with Crippen LogP contribution < -0.4 is 10.1 Å². The molecule has 2 aromatic carbocycles. The molecule has 1 N–H and O–H groups in total. The Hall–Kier alpha value is -2.40. The number of methoxy groups -OCH3 is 1. The Bertz CT molecular complexity index is 790. The molecule has 4 nitrogen and oxygen atoms in total. The fourth-order valence-corrected chi connectivity index (χ4v) is 3.41. The summed E-state index contributed by atoms with van der Waals surface area (Å²) in [6, 6.07) is 11.3. The molecule has 0 bridgehead atoms. The molecule has 124 valence electrons. The first kappa shape index (κ1) is 15.1. The van der Waals surface area contributed by atoms with Gasteiger partial charge in [0.1, 0.15) is 17.7 Å². The van der Waals surface area contributed by atoms with Crippen molar-refractivity contribution in [2.45, 2.75) is 19.1 Å². The van der Waals surface area contributed by atoms with Gasteiger partial charge in [-0.15, -0.1) is 0 Å². The highest BCUT2D eigenvalue weighted by Crippen LogP contribution is 2.26. The smallest absolute Gasteiger partial charge is 0.131 e. The summed E-state index contributed by atoms with van der Waals surface area (Å²) >= 11 is 0. The minimum atomic E-state index is -0.0798. The van der Waals surface area contributed by atoms with Crippen molar-refractivity contribution in [1.82, 2.24) is 4.90 Å². The van der Waals surface area contributed by atoms with E-state index in [1.807, 2.05) is 30.5 Å². The Morgan fingerprint density at radius 2 is 2.25 bits per heavy atom. The molecule has 2 aliphatic heterocycles. The van der Waals surface area contributed by atoms with Crippen molar-refractivity contribution in [1.29, 1.82) is 0 Å². The molecule has 24 heavy (non-hydrogen) atoms. The lowest BCUT2D eigenvalue weighted by Gasteiger charge is -2.32. The van der Waals surface area contributed by atoms with E-state index in [0.29, 0.717) is 0 Å². The highest BCUT2D eigenvalue weighted by Gasteiger charge is 2.22. The lowest BCUT2D eigenvalue weighted by Crippen LogP contribution is -2.40. The maximum absolute atomic E-state index is 13.8. The molecule has 1 atom stereocenters. The Morgan fingerprint density at radius 1 is 1.33 bits per heavy atom. The van der Waals surface area contributed by atoms with Crippen LogP contribution in [0.1, 0.15) is 16.7 Å². The van der Waals surface area contributed by atoms with Gasteiger partial charge in [0.05, 0.1) is 7.11 Å². The SMILES string of the molecule is COc1ccc2c(c1)C=NC(CN1CCc3c(F)cccc3C1)N2. The van der Waals surface area contributed by atoms with E-state index >= 15 is 0 Å². The van der Waals surface area contributed by atoms with Gasteiger partial charge in [-0.05, 0) is 41.8 Å². The van der Waals surface area contributed by atoms with Gasteiger partial charge in [-0.25, -0.2) is 4.39 Å². The summed E-state index contributed by atoms with van der Waals surface area (Å²) in [5, 5.41) is 3.46. The van der Waals surface area contributed by atoms with Crippen molar-refractivity contribution < 1.29 is 9.13 Å². The van der Waals surface area contributed by atoms with Crippen LogP contribution in [-0.2, 0) is 13.0 Å². The second-order valence-corrected chi connectivity index (χ2v) is 6.25. The third-order valence-corrected chi connectivity index (χ3v) is 4.69. The normalized spacial score (nSPS) is 19.3. The zero-order valence-electron chi connectivity index (χ0n) is 13.6. The largest absolute Gasteiger partial charge is 0.497 e. The number of rotatable bonds is 3. The van der Waals surface area contributed by atoms with Gasteiger partial charge in [-0.2, -0.15) is 0 Å². The average molecular weight is 325 g/mol. The zero-order chi connectivity index (χ0) is 16.5. The van der Waals surface area contributed by atoms with Gasteiger partial charge >= 0.3 is 0 Å². The minimum Gasteiger partial charge on any atom is -0.497 e. The van der Waals surface area contributed by atoms with Crippen LogP contribution in [-0.4, -0.2) is 37.5 Å². The predicted molar refractivity (Wildman–Crippen MR) is 93.4 cm³/mol. The quantitative estimate of drug-likeness (QED) is 0.942. The predicted octanol–water partition coefficient (Wildman–Crippen LogP) is 3.06. The lowest BCUT2D eigenvalue weighted by atomic mass is 9.99. The summed E-state index contributed by atoms with van der Waals surface area (Å²) in [6.45, 7) is 2.44. The number of anilines is 1. The van der Waals surface area contributed by atoms with Gasteiger partial charge in [-0.3, -0.25) is 9.89 Å². The number of benzene rings is 2. The van der Waals surface area contributed by atoms with Gasteiger partial charge in [-0.1, -0.05) is 12.1 Å². The zero-order valence-corrected chi connectivity index (χ0v) is 13.6. The fourth-order valence-electron chi connectivity index (χ4n) is 3.41. The summed E-state index contributed by atoms with van der Waals surface area (Å²) in [4.78, 5) is 6.93. The van der Waals surface area contributed by atoms with E-state index in [1.165, 1.54) is 0 Å². The molecule has 2 heterocycles. The first-order chi connectivity index (χ1) is 11.7. The van der Waals surface area contributed by atoms with Gasteiger partial charge in [0, 0.05) is 37.1 Å². The monoisotopic (exact) mass is 325 g/mol. The third-order valence-electron chi connectivity index (χ3n) is 4.69. The molecule has 0 saturated heterocycles. The molecule has 5 heteroatoms. The molecule has 0 amide bonds. The summed E-state index contributed by atoms with van der Waals surface area (Å²) < 4.78 is 19.1. The fraction of sp³-hybridized carbons (Fsp3) is 0.316. The van der Waals surface area contributed by atoms with Crippen molar-refractivity contribution >= 4 is 11.9 Å². The Balaban J connectivity index is 1.44. The molecule has 0 saturated carbocycles. The Morgan fingerprint density at radius 3 is 3.12 bits per heavy atom. The summed E-state index contributed by atoms with van der Waals surface area (Å²) in [6.07, 6.45) is 2.67. The van der Waals surface area contributed by atoms with Crippen LogP contribution in [0.3, 0.4) is 0 Å². The Kier molecular flexibility index (Phi) is 3.94. The summed E-state index contributed by atoms with van der Waals surface area (Å²) in [5.41, 5.74) is 4.06. The van der Waals surface area contributed by atoms with Crippen LogP contribution in [0.4, 0.5) is 10.1 Å². The number of hydrogen-bond acceptors (Lipinski definition) is 4. The number of nitrogens with one attached hydrogen (secondary N) is 1. The molecule has 2 aromatic rings. The molecular formula is C19H20FN3O. The maximum Gasteiger partial charge on any atom is 0.131 e. The third kappa shape index (κ3) is 2.87. The number of hydrogen-bond donors (Lipinski definition) is 1. The van der Waals surface area contributed by atoms with Gasteiger partial charge in [0.25, 0.3) is 0 Å². The number of halogens is 1. The second kappa shape index (κ2) is 6.24. The van der Waals surface area contributed by atoms with Crippen molar-refractivity contribution in [2.24, 2.45) is 4.99 Å². The topological polar surface area (TPSA) is 36.9 Å². The van der Waals surface area contributed by atoms with Crippen molar-refractivity contribution in [2.75, 3.05) is 25.5 Å². The van der Waals surface area contributed by atoms with Gasteiger partial charge < -0.3 is 10.1 Å². The van der Waals surface area contributed by atoms with Gasteiger partial charge in [0.2, 0.25) is 0 Å². The molecule has 4 rings (SSSR count).